The lowest BCUT2D eigenvalue weighted by Gasteiger charge is -2.19. The molecule has 0 aliphatic heterocycles. The van der Waals surface area contributed by atoms with Crippen molar-refractivity contribution in [3.63, 3.8) is 0 Å². The third kappa shape index (κ3) is 4.33. The third-order valence-corrected chi connectivity index (χ3v) is 11.1. The summed E-state index contributed by atoms with van der Waals surface area (Å²) in [5, 5.41) is 27.8. The zero-order valence-corrected chi connectivity index (χ0v) is 29.5. The molecule has 0 atom stereocenters. The maximum absolute atomic E-state index is 11.1. The summed E-state index contributed by atoms with van der Waals surface area (Å²) in [6, 6.07) is 65.9. The highest BCUT2D eigenvalue weighted by molar-refractivity contribution is 6.15. The van der Waals surface area contributed by atoms with Gasteiger partial charge in [-0.15, -0.1) is 0 Å². The second-order valence-electron chi connectivity index (χ2n) is 13.9. The van der Waals surface area contributed by atoms with Crippen molar-refractivity contribution >= 4 is 65.4 Å². The first kappa shape index (κ1) is 30.7. The second-order valence-corrected chi connectivity index (χ2v) is 13.9. The average molecular weight is 700 g/mol. The number of hydrogen-bond acceptors (Lipinski definition) is 2. The SMILES string of the molecule is N#Cc1ccc2c3ccccc3n(-c3cccc(-c4ccccc4-n4c5ccccc5c5cccc(-n6c7ccccc7c7ccccc76)c54)c3C#N)c2c1. The van der Waals surface area contributed by atoms with Crippen molar-refractivity contribution in [1.29, 1.82) is 10.5 Å². The first-order valence-electron chi connectivity index (χ1n) is 18.3. The molecule has 0 fully saturated rings. The number of fused-ring (bicyclic) bond motifs is 9. The molecule has 5 nitrogen and oxygen atoms in total. The Kier molecular flexibility index (Phi) is 6.61. The van der Waals surface area contributed by atoms with Gasteiger partial charge in [-0.1, -0.05) is 121 Å². The quantitative estimate of drug-likeness (QED) is 0.184. The van der Waals surface area contributed by atoms with E-state index in [9.17, 15) is 10.5 Å². The highest BCUT2D eigenvalue weighted by Gasteiger charge is 2.23. The van der Waals surface area contributed by atoms with Gasteiger partial charge in [0.1, 0.15) is 6.07 Å². The molecule has 11 rings (SSSR count). The van der Waals surface area contributed by atoms with E-state index in [2.05, 4.69) is 153 Å². The molecule has 0 unspecified atom stereocenters. The summed E-state index contributed by atoms with van der Waals surface area (Å²) < 4.78 is 6.91. The molecule has 3 heterocycles. The van der Waals surface area contributed by atoms with Crippen molar-refractivity contribution < 1.29 is 0 Å². The van der Waals surface area contributed by atoms with E-state index in [-0.39, 0.29) is 0 Å². The summed E-state index contributed by atoms with van der Waals surface area (Å²) in [6.07, 6.45) is 0. The number of nitriles is 2. The molecule has 0 N–H and O–H groups in total. The van der Waals surface area contributed by atoms with E-state index in [0.29, 0.717) is 11.1 Å². The smallest absolute Gasteiger partial charge is 0.102 e. The van der Waals surface area contributed by atoms with Gasteiger partial charge in [0.15, 0.2) is 0 Å². The Morgan fingerprint density at radius 2 is 0.782 bits per heavy atom. The molecule has 0 radical (unpaired) electrons. The molecular weight excluding hydrogens is 671 g/mol. The van der Waals surface area contributed by atoms with Gasteiger partial charge in [0.2, 0.25) is 0 Å². The number of para-hydroxylation sites is 6. The molecule has 0 spiro atoms. The molecule has 8 aromatic carbocycles. The van der Waals surface area contributed by atoms with E-state index >= 15 is 0 Å². The Bertz CT molecular complexity index is 3420. The van der Waals surface area contributed by atoms with Crippen LogP contribution in [0.25, 0.3) is 93.6 Å². The van der Waals surface area contributed by atoms with Crippen molar-refractivity contribution in [2.45, 2.75) is 0 Å². The largest absolute Gasteiger partial charge is 0.308 e. The van der Waals surface area contributed by atoms with Crippen LogP contribution in [-0.2, 0) is 0 Å². The van der Waals surface area contributed by atoms with Gasteiger partial charge < -0.3 is 13.7 Å². The lowest BCUT2D eigenvalue weighted by molar-refractivity contribution is 1.13. The number of benzene rings is 8. The van der Waals surface area contributed by atoms with Crippen LogP contribution in [0.2, 0.25) is 0 Å². The topological polar surface area (TPSA) is 62.4 Å². The van der Waals surface area contributed by atoms with Crippen LogP contribution in [0.4, 0.5) is 0 Å². The molecule has 11 aromatic rings. The van der Waals surface area contributed by atoms with E-state index in [0.717, 1.165) is 82.8 Å². The minimum Gasteiger partial charge on any atom is -0.308 e. The van der Waals surface area contributed by atoms with E-state index in [1.807, 2.05) is 48.5 Å². The van der Waals surface area contributed by atoms with Crippen molar-refractivity contribution in [3.8, 4) is 40.3 Å². The highest BCUT2D eigenvalue weighted by Crippen LogP contribution is 2.43. The van der Waals surface area contributed by atoms with E-state index in [4.69, 9.17) is 0 Å². The minimum atomic E-state index is 0.559. The number of rotatable bonds is 4. The Hall–Kier alpha value is -7.86. The first-order valence-corrected chi connectivity index (χ1v) is 18.3. The van der Waals surface area contributed by atoms with E-state index < -0.39 is 0 Å². The van der Waals surface area contributed by atoms with Gasteiger partial charge in [0, 0.05) is 43.4 Å². The number of aromatic nitrogens is 3. The maximum atomic E-state index is 11.1. The minimum absolute atomic E-state index is 0.559. The Balaban J connectivity index is 1.23. The monoisotopic (exact) mass is 699 g/mol. The fraction of sp³-hybridized carbons (Fsp3) is 0. The standard InChI is InChI=1S/C50H29N5/c51-30-32-27-28-39-37-16-4-8-22-44(37)54(49(39)29-32)47-25-11-18-33(41(47)31-52)34-13-1-9-23-45(34)55-46-24-10-5-17-38(46)40-19-12-26-48(50(40)55)53-42-20-6-2-14-35(42)36-15-3-7-21-43(36)53/h1-29H. The Labute approximate surface area is 316 Å². The summed E-state index contributed by atoms with van der Waals surface area (Å²) >= 11 is 0. The van der Waals surface area contributed by atoms with Gasteiger partial charge in [-0.05, 0) is 54.6 Å². The van der Waals surface area contributed by atoms with Crippen LogP contribution < -0.4 is 0 Å². The van der Waals surface area contributed by atoms with Gasteiger partial charge >= 0.3 is 0 Å². The fourth-order valence-electron chi connectivity index (χ4n) is 8.88. The average Bonchev–Trinajstić information content (AvgIpc) is 3.89. The van der Waals surface area contributed by atoms with Crippen LogP contribution in [-0.4, -0.2) is 13.7 Å². The maximum Gasteiger partial charge on any atom is 0.102 e. The molecule has 0 aliphatic rings. The van der Waals surface area contributed by atoms with Crippen LogP contribution in [0.15, 0.2) is 176 Å². The second kappa shape index (κ2) is 11.8. The zero-order valence-electron chi connectivity index (χ0n) is 29.5. The molecule has 0 bridgehead atoms. The third-order valence-electron chi connectivity index (χ3n) is 11.1. The molecule has 0 amide bonds. The molecule has 3 aromatic heterocycles. The van der Waals surface area contributed by atoms with Crippen LogP contribution in [0.3, 0.4) is 0 Å². The summed E-state index contributed by atoms with van der Waals surface area (Å²) in [5.74, 6) is 0. The summed E-state index contributed by atoms with van der Waals surface area (Å²) in [6.45, 7) is 0. The van der Waals surface area contributed by atoms with Gasteiger partial charge in [0.25, 0.3) is 0 Å². The normalized spacial score (nSPS) is 11.6. The predicted octanol–water partition coefficient (Wildman–Crippen LogP) is 12.4. The van der Waals surface area contributed by atoms with E-state index in [1.54, 1.807) is 0 Å². The summed E-state index contributed by atoms with van der Waals surface area (Å²) in [4.78, 5) is 0. The number of hydrogen-bond donors (Lipinski definition) is 0. The van der Waals surface area contributed by atoms with Crippen molar-refractivity contribution in [2.75, 3.05) is 0 Å². The Morgan fingerprint density at radius 1 is 0.327 bits per heavy atom. The molecule has 0 saturated heterocycles. The lowest BCUT2D eigenvalue weighted by atomic mass is 9.96. The van der Waals surface area contributed by atoms with Crippen LogP contribution in [0, 0.1) is 22.7 Å². The van der Waals surface area contributed by atoms with Crippen molar-refractivity contribution in [1.82, 2.24) is 13.7 Å². The lowest BCUT2D eigenvalue weighted by Crippen LogP contribution is -2.04. The van der Waals surface area contributed by atoms with Gasteiger partial charge in [0.05, 0.1) is 67.4 Å². The fourth-order valence-corrected chi connectivity index (χ4v) is 8.88. The summed E-state index contributed by atoms with van der Waals surface area (Å²) in [7, 11) is 0. The molecule has 254 valence electrons. The zero-order chi connectivity index (χ0) is 36.6. The van der Waals surface area contributed by atoms with Crippen molar-refractivity contribution in [3.05, 3.63) is 187 Å². The molecule has 0 saturated carbocycles. The van der Waals surface area contributed by atoms with Crippen molar-refractivity contribution in [2.24, 2.45) is 0 Å². The van der Waals surface area contributed by atoms with E-state index in [1.165, 1.54) is 10.8 Å². The molecule has 55 heavy (non-hydrogen) atoms. The number of nitrogens with zero attached hydrogens (tertiary/aromatic N) is 5. The first-order chi connectivity index (χ1) is 27.2. The molecule has 5 heteroatoms. The highest BCUT2D eigenvalue weighted by atomic mass is 15.1. The van der Waals surface area contributed by atoms with Gasteiger partial charge in [-0.25, -0.2) is 0 Å². The molecule has 0 aliphatic carbocycles. The van der Waals surface area contributed by atoms with Crippen LogP contribution in [0.1, 0.15) is 11.1 Å². The van der Waals surface area contributed by atoms with Crippen LogP contribution in [0.5, 0.6) is 0 Å². The molecular formula is C50H29N5. The van der Waals surface area contributed by atoms with Gasteiger partial charge in [-0.2, -0.15) is 10.5 Å². The summed E-state index contributed by atoms with van der Waals surface area (Å²) in [5.41, 5.74) is 12.1. The Morgan fingerprint density at radius 3 is 1.42 bits per heavy atom. The predicted molar refractivity (Wildman–Crippen MR) is 224 cm³/mol. The van der Waals surface area contributed by atoms with Gasteiger partial charge in [-0.3, -0.25) is 0 Å². The van der Waals surface area contributed by atoms with Crippen LogP contribution >= 0.6 is 0 Å².